The number of carbonyl (C=O) groups excluding carboxylic acids is 1. The molecule has 0 aliphatic heterocycles. The van der Waals surface area contributed by atoms with Gasteiger partial charge in [0, 0.05) is 11.8 Å². The minimum absolute atomic E-state index is 0.246. The number of imidazole rings is 1. The Bertz CT molecular complexity index is 1060. The van der Waals surface area contributed by atoms with Gasteiger partial charge in [-0.15, -0.1) is 11.3 Å². The van der Waals surface area contributed by atoms with Crippen molar-refractivity contribution in [3.05, 3.63) is 70.6 Å². The summed E-state index contributed by atoms with van der Waals surface area (Å²) in [6.45, 7) is 4.09. The highest BCUT2D eigenvalue weighted by Gasteiger charge is 2.12. The van der Waals surface area contributed by atoms with E-state index < -0.39 is 0 Å². The van der Waals surface area contributed by atoms with Gasteiger partial charge in [0.1, 0.15) is 23.8 Å². The van der Waals surface area contributed by atoms with Gasteiger partial charge in [0.15, 0.2) is 0 Å². The molecular weight excluding hydrogens is 376 g/mol. The molecule has 0 atom stereocenters. The summed E-state index contributed by atoms with van der Waals surface area (Å²) in [7, 11) is 0. The molecule has 0 radical (unpaired) electrons. The number of nitrogens with zero attached hydrogens (tertiary/aromatic N) is 2. The Hall–Kier alpha value is -3.39. The lowest BCUT2D eigenvalue weighted by atomic mass is 10.2. The number of thiophene rings is 1. The standard InChI is InChI=1S/C20H18N4O3S/c1-12-16(13(2)27-24-12)11-26-15-7-5-14(6-8-15)19(25)23-20-21-10-17(22-20)18-4-3-9-28-18/h3-10H,11H2,1-2H3,(H2,21,22,23,25). The van der Waals surface area contributed by atoms with Crippen LogP contribution in [-0.2, 0) is 6.61 Å². The van der Waals surface area contributed by atoms with Crippen molar-refractivity contribution in [1.29, 1.82) is 0 Å². The lowest BCUT2D eigenvalue weighted by Gasteiger charge is -2.07. The molecule has 0 aliphatic carbocycles. The Morgan fingerprint density at radius 1 is 1.25 bits per heavy atom. The molecule has 0 spiro atoms. The molecule has 2 N–H and O–H groups in total. The molecule has 3 aromatic heterocycles. The van der Waals surface area contributed by atoms with Crippen LogP contribution >= 0.6 is 11.3 Å². The van der Waals surface area contributed by atoms with Crippen LogP contribution in [0.1, 0.15) is 27.4 Å². The average Bonchev–Trinajstić information content (AvgIpc) is 3.43. The van der Waals surface area contributed by atoms with Crippen molar-refractivity contribution >= 4 is 23.2 Å². The highest BCUT2D eigenvalue weighted by molar-refractivity contribution is 7.13. The van der Waals surface area contributed by atoms with Crippen molar-refractivity contribution in [3.8, 4) is 16.3 Å². The van der Waals surface area contributed by atoms with Gasteiger partial charge in [-0.2, -0.15) is 0 Å². The predicted octanol–water partition coefficient (Wildman–Crippen LogP) is 4.57. The number of H-pyrrole nitrogens is 1. The van der Waals surface area contributed by atoms with E-state index in [1.807, 2.05) is 31.4 Å². The molecule has 0 aliphatic rings. The Morgan fingerprint density at radius 2 is 2.07 bits per heavy atom. The summed E-state index contributed by atoms with van der Waals surface area (Å²) in [6, 6.07) is 10.9. The summed E-state index contributed by atoms with van der Waals surface area (Å²) in [6.07, 6.45) is 1.77. The number of hydrogen-bond donors (Lipinski definition) is 2. The number of amides is 1. The van der Waals surface area contributed by atoms with Gasteiger partial charge in [-0.25, -0.2) is 4.98 Å². The van der Waals surface area contributed by atoms with Crippen molar-refractivity contribution in [3.63, 3.8) is 0 Å². The number of hydrogen-bond acceptors (Lipinski definition) is 6. The molecule has 0 saturated heterocycles. The minimum atomic E-state index is -0.246. The summed E-state index contributed by atoms with van der Waals surface area (Å²) >= 11 is 1.59. The minimum Gasteiger partial charge on any atom is -0.489 e. The van der Waals surface area contributed by atoms with Crippen LogP contribution in [0.25, 0.3) is 10.6 Å². The summed E-state index contributed by atoms with van der Waals surface area (Å²) in [5.74, 6) is 1.57. The van der Waals surface area contributed by atoms with Crippen LogP contribution in [0.15, 0.2) is 52.5 Å². The molecule has 0 bridgehead atoms. The number of benzene rings is 1. The molecule has 0 saturated carbocycles. The van der Waals surface area contributed by atoms with E-state index in [0.717, 1.165) is 27.6 Å². The zero-order valence-electron chi connectivity index (χ0n) is 15.4. The Morgan fingerprint density at radius 3 is 2.75 bits per heavy atom. The Kier molecular flexibility index (Phi) is 4.94. The highest BCUT2D eigenvalue weighted by Crippen LogP contribution is 2.24. The molecule has 8 heteroatoms. The van der Waals surface area contributed by atoms with Crippen LogP contribution in [0.4, 0.5) is 5.95 Å². The third-order valence-electron chi connectivity index (χ3n) is 4.26. The fraction of sp³-hybridized carbons (Fsp3) is 0.150. The van der Waals surface area contributed by atoms with E-state index in [4.69, 9.17) is 9.26 Å². The van der Waals surface area contributed by atoms with Gasteiger partial charge in [-0.1, -0.05) is 11.2 Å². The van der Waals surface area contributed by atoms with Crippen LogP contribution in [0, 0.1) is 13.8 Å². The largest absolute Gasteiger partial charge is 0.489 e. The fourth-order valence-corrected chi connectivity index (χ4v) is 3.37. The first kappa shape index (κ1) is 18.0. The van der Waals surface area contributed by atoms with Gasteiger partial charge >= 0.3 is 0 Å². The lowest BCUT2D eigenvalue weighted by Crippen LogP contribution is -2.12. The zero-order valence-corrected chi connectivity index (χ0v) is 16.2. The van der Waals surface area contributed by atoms with E-state index in [2.05, 4.69) is 20.4 Å². The smallest absolute Gasteiger partial charge is 0.257 e. The van der Waals surface area contributed by atoms with Gasteiger partial charge in [0.05, 0.1) is 16.1 Å². The second kappa shape index (κ2) is 7.69. The maximum absolute atomic E-state index is 12.4. The maximum atomic E-state index is 12.4. The highest BCUT2D eigenvalue weighted by atomic mass is 32.1. The molecule has 7 nitrogen and oxygen atoms in total. The Labute approximate surface area is 165 Å². The van der Waals surface area contributed by atoms with Gasteiger partial charge in [-0.05, 0) is 49.6 Å². The molecule has 4 rings (SSSR count). The summed E-state index contributed by atoms with van der Waals surface area (Å²) < 4.78 is 10.9. The lowest BCUT2D eigenvalue weighted by molar-refractivity contribution is 0.102. The SMILES string of the molecule is Cc1noc(C)c1COc1ccc(C(=O)Nc2nc(-c3cccs3)c[nH]2)cc1. The van der Waals surface area contributed by atoms with E-state index >= 15 is 0 Å². The molecule has 3 heterocycles. The van der Waals surface area contributed by atoms with E-state index in [1.165, 1.54) is 0 Å². The van der Waals surface area contributed by atoms with Crippen LogP contribution in [0.3, 0.4) is 0 Å². The molecule has 1 aromatic carbocycles. The molecule has 0 fully saturated rings. The molecular formula is C20H18N4O3S. The van der Waals surface area contributed by atoms with Gasteiger partial charge in [-0.3, -0.25) is 10.1 Å². The first-order chi connectivity index (χ1) is 13.6. The monoisotopic (exact) mass is 394 g/mol. The third-order valence-corrected chi connectivity index (χ3v) is 5.16. The fourth-order valence-electron chi connectivity index (χ4n) is 2.68. The summed E-state index contributed by atoms with van der Waals surface area (Å²) in [5.41, 5.74) is 3.06. The van der Waals surface area contributed by atoms with E-state index in [9.17, 15) is 4.79 Å². The van der Waals surface area contributed by atoms with Gasteiger partial charge in [0.25, 0.3) is 5.91 Å². The van der Waals surface area contributed by atoms with Crippen molar-refractivity contribution < 1.29 is 14.1 Å². The first-order valence-electron chi connectivity index (χ1n) is 8.65. The number of aryl methyl sites for hydroxylation is 2. The van der Waals surface area contributed by atoms with Crippen molar-refractivity contribution in [1.82, 2.24) is 15.1 Å². The van der Waals surface area contributed by atoms with E-state index in [1.54, 1.807) is 41.8 Å². The molecule has 28 heavy (non-hydrogen) atoms. The zero-order chi connectivity index (χ0) is 19.5. The average molecular weight is 394 g/mol. The van der Waals surface area contributed by atoms with Gasteiger partial charge < -0.3 is 14.2 Å². The van der Waals surface area contributed by atoms with E-state index in [-0.39, 0.29) is 5.91 Å². The molecule has 1 amide bonds. The number of aromatic nitrogens is 3. The van der Waals surface area contributed by atoms with Crippen LogP contribution < -0.4 is 10.1 Å². The van der Waals surface area contributed by atoms with Crippen LogP contribution in [-0.4, -0.2) is 21.0 Å². The molecule has 4 aromatic rings. The van der Waals surface area contributed by atoms with Crippen molar-refractivity contribution in [2.45, 2.75) is 20.5 Å². The van der Waals surface area contributed by atoms with Crippen molar-refractivity contribution in [2.75, 3.05) is 5.32 Å². The summed E-state index contributed by atoms with van der Waals surface area (Å²) in [5, 5.41) is 8.66. The second-order valence-corrected chi connectivity index (χ2v) is 7.13. The number of anilines is 1. The number of nitrogens with one attached hydrogen (secondary N) is 2. The van der Waals surface area contributed by atoms with Crippen LogP contribution in [0.2, 0.25) is 0 Å². The normalized spacial score (nSPS) is 10.8. The number of rotatable bonds is 6. The first-order valence-corrected chi connectivity index (χ1v) is 9.53. The van der Waals surface area contributed by atoms with E-state index in [0.29, 0.717) is 23.9 Å². The predicted molar refractivity (Wildman–Crippen MR) is 107 cm³/mol. The number of aromatic amines is 1. The summed E-state index contributed by atoms with van der Waals surface area (Å²) in [4.78, 5) is 20.8. The maximum Gasteiger partial charge on any atom is 0.257 e. The third kappa shape index (κ3) is 3.81. The van der Waals surface area contributed by atoms with Gasteiger partial charge in [0.2, 0.25) is 5.95 Å². The van der Waals surface area contributed by atoms with Crippen molar-refractivity contribution in [2.24, 2.45) is 0 Å². The topological polar surface area (TPSA) is 93.0 Å². The number of carbonyl (C=O) groups is 1. The number of ether oxygens (including phenoxy) is 1. The molecule has 0 unspecified atom stereocenters. The molecule has 142 valence electrons. The Balaban J connectivity index is 1.37. The quantitative estimate of drug-likeness (QED) is 0.499. The second-order valence-electron chi connectivity index (χ2n) is 6.18. The van der Waals surface area contributed by atoms with Crippen LogP contribution in [0.5, 0.6) is 5.75 Å².